The minimum Gasteiger partial charge on any atom is -0.497 e. The number of hydrogen-bond acceptors (Lipinski definition) is 2. The Morgan fingerprint density at radius 2 is 2.05 bits per heavy atom. The van der Waals surface area contributed by atoms with Gasteiger partial charge < -0.3 is 4.74 Å². The Bertz CT molecular complexity index is 685. The Balaban J connectivity index is 1.82. The van der Waals surface area contributed by atoms with Crippen molar-refractivity contribution in [3.8, 4) is 5.75 Å². The van der Waals surface area contributed by atoms with Crippen molar-refractivity contribution in [1.82, 2.24) is 0 Å². The molecule has 0 N–H and O–H groups in total. The van der Waals surface area contributed by atoms with Crippen LogP contribution in [0.1, 0.15) is 49.3 Å². The summed E-state index contributed by atoms with van der Waals surface area (Å²) in [5, 5.41) is 0. The normalized spacial score (nSPS) is 32.9. The van der Waals surface area contributed by atoms with Gasteiger partial charge in [0, 0.05) is 11.8 Å². The lowest BCUT2D eigenvalue weighted by Gasteiger charge is -2.43. The third-order valence-corrected chi connectivity index (χ3v) is 6.41. The molecule has 3 aliphatic carbocycles. The molecule has 0 amide bonds. The number of benzene rings is 1. The van der Waals surface area contributed by atoms with Gasteiger partial charge in [0.05, 0.1) is 7.11 Å². The second kappa shape index (κ2) is 4.71. The zero-order valence-electron chi connectivity index (χ0n) is 13.7. The minimum atomic E-state index is -0.0912. The van der Waals surface area contributed by atoms with Crippen molar-refractivity contribution in [1.29, 1.82) is 0 Å². The predicted octanol–water partition coefficient (Wildman–Crippen LogP) is 4.34. The summed E-state index contributed by atoms with van der Waals surface area (Å²) in [6.45, 7) is 4.40. The van der Waals surface area contributed by atoms with Crippen molar-refractivity contribution >= 4 is 11.4 Å². The molecular weight excluding hydrogens is 272 g/mol. The average molecular weight is 296 g/mol. The molecule has 0 bridgehead atoms. The minimum absolute atomic E-state index is 0.0912. The van der Waals surface area contributed by atoms with Crippen molar-refractivity contribution in [3.63, 3.8) is 0 Å². The Morgan fingerprint density at radius 1 is 1.23 bits per heavy atom. The fourth-order valence-electron chi connectivity index (χ4n) is 5.21. The highest BCUT2D eigenvalue weighted by atomic mass is 16.5. The molecule has 1 saturated carbocycles. The van der Waals surface area contributed by atoms with E-state index in [9.17, 15) is 4.79 Å². The average Bonchev–Trinajstić information content (AvgIpc) is 2.82. The standard InChI is InChI=1S/C20H24O2/c1-12-10-14(22-3)11-13-4-5-15-16(19(12)13)8-9-20(2)17(15)6-7-18(20)21/h8,10-11,15,17H,4-7,9H2,1-3H3/t15-,17+,20+/m1/s1. The molecule has 0 saturated heterocycles. The maximum Gasteiger partial charge on any atom is 0.139 e. The SMILES string of the molecule is COc1cc(C)c2c(c1)CC[C@@H]1C2=CC[C@]2(C)C(=O)CC[C@@H]12. The number of ketones is 1. The number of hydrogen-bond donors (Lipinski definition) is 0. The first-order valence-electron chi connectivity index (χ1n) is 8.46. The number of ether oxygens (including phenoxy) is 1. The summed E-state index contributed by atoms with van der Waals surface area (Å²) in [6, 6.07) is 4.35. The van der Waals surface area contributed by atoms with Crippen molar-refractivity contribution < 1.29 is 9.53 Å². The summed E-state index contributed by atoms with van der Waals surface area (Å²) in [6.07, 6.45) is 7.46. The zero-order valence-corrected chi connectivity index (χ0v) is 13.7. The Morgan fingerprint density at radius 3 is 2.82 bits per heavy atom. The highest BCUT2D eigenvalue weighted by Gasteiger charge is 2.52. The van der Waals surface area contributed by atoms with Gasteiger partial charge in [-0.15, -0.1) is 0 Å². The molecule has 3 aliphatic rings. The summed E-state index contributed by atoms with van der Waals surface area (Å²) in [4.78, 5) is 12.4. The van der Waals surface area contributed by atoms with Gasteiger partial charge in [0.25, 0.3) is 0 Å². The molecule has 0 heterocycles. The van der Waals surface area contributed by atoms with E-state index in [4.69, 9.17) is 4.74 Å². The van der Waals surface area contributed by atoms with Gasteiger partial charge >= 0.3 is 0 Å². The second-order valence-electron chi connectivity index (χ2n) is 7.47. The summed E-state index contributed by atoms with van der Waals surface area (Å²) in [7, 11) is 1.74. The van der Waals surface area contributed by atoms with Crippen LogP contribution in [0.2, 0.25) is 0 Å². The number of allylic oxidation sites excluding steroid dienone is 2. The lowest BCUT2D eigenvalue weighted by Crippen LogP contribution is -2.38. The van der Waals surface area contributed by atoms with Crippen LogP contribution in [-0.4, -0.2) is 12.9 Å². The predicted molar refractivity (Wildman–Crippen MR) is 88.0 cm³/mol. The molecule has 0 spiro atoms. The topological polar surface area (TPSA) is 26.3 Å². The van der Waals surface area contributed by atoms with E-state index in [1.165, 1.54) is 28.7 Å². The molecule has 0 aromatic heterocycles. The molecule has 0 aliphatic heterocycles. The number of Topliss-reactive ketones (excluding diaryl/α,β-unsaturated/α-hetero) is 1. The first kappa shape index (κ1) is 14.0. The lowest BCUT2D eigenvalue weighted by molar-refractivity contribution is -0.126. The summed E-state index contributed by atoms with van der Waals surface area (Å²) in [5.41, 5.74) is 5.61. The van der Waals surface area contributed by atoms with E-state index >= 15 is 0 Å². The van der Waals surface area contributed by atoms with Gasteiger partial charge in [-0.2, -0.15) is 0 Å². The van der Waals surface area contributed by atoms with E-state index in [1.807, 2.05) is 0 Å². The maximum absolute atomic E-state index is 12.4. The summed E-state index contributed by atoms with van der Waals surface area (Å²) in [5.74, 6) is 2.58. The first-order chi connectivity index (χ1) is 10.5. The molecule has 3 atom stereocenters. The quantitative estimate of drug-likeness (QED) is 0.770. The van der Waals surface area contributed by atoms with Gasteiger partial charge in [0.15, 0.2) is 0 Å². The zero-order chi connectivity index (χ0) is 15.5. The molecule has 1 aromatic rings. The molecule has 22 heavy (non-hydrogen) atoms. The Labute approximate surface area is 132 Å². The van der Waals surface area contributed by atoms with Crippen LogP contribution in [0.3, 0.4) is 0 Å². The molecule has 4 rings (SSSR count). The van der Waals surface area contributed by atoms with Gasteiger partial charge in [-0.25, -0.2) is 0 Å². The Kier molecular flexibility index (Phi) is 3.01. The fraction of sp³-hybridized carbons (Fsp3) is 0.550. The van der Waals surface area contributed by atoms with Crippen LogP contribution in [-0.2, 0) is 11.2 Å². The molecule has 2 nitrogen and oxygen atoms in total. The highest BCUT2D eigenvalue weighted by Crippen LogP contribution is 2.57. The van der Waals surface area contributed by atoms with Crippen LogP contribution in [0.4, 0.5) is 0 Å². The molecule has 0 radical (unpaired) electrons. The largest absolute Gasteiger partial charge is 0.497 e. The van der Waals surface area contributed by atoms with E-state index in [2.05, 4.69) is 32.1 Å². The highest BCUT2D eigenvalue weighted by molar-refractivity contribution is 5.89. The van der Waals surface area contributed by atoms with Crippen LogP contribution in [0.5, 0.6) is 5.75 Å². The van der Waals surface area contributed by atoms with Crippen molar-refractivity contribution in [2.45, 2.75) is 46.0 Å². The monoisotopic (exact) mass is 296 g/mol. The van der Waals surface area contributed by atoms with Crippen LogP contribution in [0.15, 0.2) is 18.2 Å². The maximum atomic E-state index is 12.4. The van der Waals surface area contributed by atoms with Gasteiger partial charge in [0.1, 0.15) is 11.5 Å². The van der Waals surface area contributed by atoms with Gasteiger partial charge in [-0.05, 0) is 78.8 Å². The van der Waals surface area contributed by atoms with Gasteiger partial charge in [-0.3, -0.25) is 4.79 Å². The summed E-state index contributed by atoms with van der Waals surface area (Å²) >= 11 is 0. The molecular formula is C20H24O2. The molecule has 1 fully saturated rings. The van der Waals surface area contributed by atoms with Crippen molar-refractivity contribution in [3.05, 3.63) is 34.9 Å². The number of methoxy groups -OCH3 is 1. The third-order valence-electron chi connectivity index (χ3n) is 6.41. The van der Waals surface area contributed by atoms with Crippen LogP contribution >= 0.6 is 0 Å². The smallest absolute Gasteiger partial charge is 0.139 e. The lowest BCUT2D eigenvalue weighted by atomic mass is 9.60. The second-order valence-corrected chi connectivity index (χ2v) is 7.47. The van der Waals surface area contributed by atoms with Crippen LogP contribution in [0, 0.1) is 24.2 Å². The van der Waals surface area contributed by atoms with Crippen LogP contribution in [0.25, 0.3) is 5.57 Å². The van der Waals surface area contributed by atoms with E-state index in [0.717, 1.165) is 31.4 Å². The molecule has 116 valence electrons. The first-order valence-corrected chi connectivity index (χ1v) is 8.46. The van der Waals surface area contributed by atoms with Crippen molar-refractivity contribution in [2.24, 2.45) is 17.3 Å². The molecule has 0 unspecified atom stereocenters. The van der Waals surface area contributed by atoms with E-state index < -0.39 is 0 Å². The van der Waals surface area contributed by atoms with Gasteiger partial charge in [0.2, 0.25) is 0 Å². The van der Waals surface area contributed by atoms with E-state index in [1.54, 1.807) is 7.11 Å². The van der Waals surface area contributed by atoms with Crippen LogP contribution < -0.4 is 4.74 Å². The fourth-order valence-corrected chi connectivity index (χ4v) is 5.21. The summed E-state index contributed by atoms with van der Waals surface area (Å²) < 4.78 is 5.43. The number of fused-ring (bicyclic) bond motifs is 5. The number of carbonyl (C=O) groups is 1. The van der Waals surface area contributed by atoms with Gasteiger partial charge in [-0.1, -0.05) is 13.0 Å². The number of carbonyl (C=O) groups excluding carboxylic acids is 1. The van der Waals surface area contributed by atoms with E-state index in [0.29, 0.717) is 17.6 Å². The molecule has 1 aromatic carbocycles. The number of rotatable bonds is 1. The molecule has 2 heteroatoms. The van der Waals surface area contributed by atoms with E-state index in [-0.39, 0.29) is 5.41 Å². The number of aryl methyl sites for hydroxylation is 2. The van der Waals surface area contributed by atoms with Crippen molar-refractivity contribution in [2.75, 3.05) is 7.11 Å². The third kappa shape index (κ3) is 1.76. The Hall–Kier alpha value is -1.57.